The molecule has 0 radical (unpaired) electrons. The fraction of sp³-hybridized carbons (Fsp3) is 0.462. The highest BCUT2D eigenvalue weighted by atomic mass is 35.5. The van der Waals surface area contributed by atoms with Crippen molar-refractivity contribution < 1.29 is 13.2 Å². The smallest absolute Gasteiger partial charge is 0.244 e. The van der Waals surface area contributed by atoms with Gasteiger partial charge in [-0.2, -0.15) is 4.31 Å². The van der Waals surface area contributed by atoms with Gasteiger partial charge in [-0.05, 0) is 30.9 Å². The number of hydrogen-bond donors (Lipinski definition) is 1. The summed E-state index contributed by atoms with van der Waals surface area (Å²) >= 11 is 5.96. The van der Waals surface area contributed by atoms with Crippen molar-refractivity contribution in [3.8, 4) is 0 Å². The third kappa shape index (κ3) is 3.31. The lowest BCUT2D eigenvalue weighted by atomic mass is 9.94. The van der Waals surface area contributed by atoms with Gasteiger partial charge in [0.25, 0.3) is 0 Å². The number of nitrogens with zero attached hydrogens (tertiary/aromatic N) is 1. The van der Waals surface area contributed by atoms with Gasteiger partial charge in [0.15, 0.2) is 0 Å². The summed E-state index contributed by atoms with van der Waals surface area (Å²) in [6, 6.07) is 6.42. The number of halogens is 1. The van der Waals surface area contributed by atoms with Crippen molar-refractivity contribution in [2.24, 2.45) is 11.7 Å². The molecule has 1 aliphatic heterocycles. The molecule has 2 N–H and O–H groups in total. The number of benzene rings is 1. The first-order valence-corrected chi connectivity index (χ1v) is 8.26. The van der Waals surface area contributed by atoms with Crippen molar-refractivity contribution in [3.63, 3.8) is 0 Å². The highest BCUT2D eigenvalue weighted by Crippen LogP contribution is 2.28. The lowest BCUT2D eigenvalue weighted by Gasteiger charge is -2.30. The summed E-state index contributed by atoms with van der Waals surface area (Å²) in [4.78, 5) is 11.0. The van der Waals surface area contributed by atoms with E-state index in [0.29, 0.717) is 32.4 Å². The maximum atomic E-state index is 12.5. The largest absolute Gasteiger partial charge is 0.370 e. The standard InChI is InChI=1S/C13H17ClN2O3S/c14-11-3-1-2-4-12(11)20(18,19)16-7-5-10(6-8-16)9-13(15)17/h1-4,10H,5-9H2,(H2,15,17). The van der Waals surface area contributed by atoms with Crippen LogP contribution in [0.2, 0.25) is 5.02 Å². The van der Waals surface area contributed by atoms with Crippen LogP contribution in [0.3, 0.4) is 0 Å². The zero-order chi connectivity index (χ0) is 14.8. The number of hydrogen-bond acceptors (Lipinski definition) is 3. The van der Waals surface area contributed by atoms with Gasteiger partial charge in [-0.3, -0.25) is 4.79 Å². The molecule has 5 nitrogen and oxygen atoms in total. The van der Waals surface area contributed by atoms with E-state index in [1.807, 2.05) is 0 Å². The number of amides is 1. The second kappa shape index (κ2) is 6.11. The van der Waals surface area contributed by atoms with Crippen LogP contribution in [0.15, 0.2) is 29.2 Å². The molecule has 0 aromatic heterocycles. The van der Waals surface area contributed by atoms with Gasteiger partial charge in [0.1, 0.15) is 4.90 Å². The Labute approximate surface area is 123 Å². The quantitative estimate of drug-likeness (QED) is 0.916. The molecule has 1 amide bonds. The van der Waals surface area contributed by atoms with Crippen molar-refractivity contribution in [1.82, 2.24) is 4.31 Å². The number of nitrogens with two attached hydrogens (primary N) is 1. The maximum absolute atomic E-state index is 12.5. The Bertz CT molecular complexity index is 595. The lowest BCUT2D eigenvalue weighted by molar-refractivity contribution is -0.119. The Kier molecular flexibility index (Phi) is 4.67. The fourth-order valence-electron chi connectivity index (χ4n) is 2.43. The van der Waals surface area contributed by atoms with Gasteiger partial charge < -0.3 is 5.73 Å². The minimum absolute atomic E-state index is 0.134. The zero-order valence-corrected chi connectivity index (χ0v) is 12.5. The van der Waals surface area contributed by atoms with Crippen LogP contribution in [-0.2, 0) is 14.8 Å². The number of primary amides is 1. The summed E-state index contributed by atoms with van der Waals surface area (Å²) in [5.41, 5.74) is 5.17. The van der Waals surface area contributed by atoms with Gasteiger partial charge in [0.2, 0.25) is 15.9 Å². The van der Waals surface area contributed by atoms with E-state index in [1.54, 1.807) is 18.2 Å². The van der Waals surface area contributed by atoms with Gasteiger partial charge in [-0.1, -0.05) is 23.7 Å². The molecule has 2 rings (SSSR count). The maximum Gasteiger partial charge on any atom is 0.244 e. The summed E-state index contributed by atoms with van der Waals surface area (Å²) < 4.78 is 26.4. The third-order valence-corrected chi connectivity index (χ3v) is 5.92. The average Bonchev–Trinajstić information content (AvgIpc) is 2.39. The van der Waals surface area contributed by atoms with Crippen molar-refractivity contribution in [2.45, 2.75) is 24.2 Å². The van der Waals surface area contributed by atoms with Gasteiger partial charge in [0, 0.05) is 19.5 Å². The predicted molar refractivity (Wildman–Crippen MR) is 76.7 cm³/mol. The summed E-state index contributed by atoms with van der Waals surface area (Å²) in [6.07, 6.45) is 1.61. The van der Waals surface area contributed by atoms with E-state index < -0.39 is 10.0 Å². The number of rotatable bonds is 4. The molecular weight excluding hydrogens is 300 g/mol. The molecule has 0 aliphatic carbocycles. The molecule has 1 heterocycles. The van der Waals surface area contributed by atoms with Crippen molar-refractivity contribution in [1.29, 1.82) is 0 Å². The van der Waals surface area contributed by atoms with E-state index in [-0.39, 0.29) is 21.7 Å². The molecule has 0 unspecified atom stereocenters. The topological polar surface area (TPSA) is 80.5 Å². The highest BCUT2D eigenvalue weighted by molar-refractivity contribution is 7.89. The summed E-state index contributed by atoms with van der Waals surface area (Å²) in [7, 11) is -3.56. The molecule has 0 spiro atoms. The average molecular weight is 317 g/mol. The molecule has 0 atom stereocenters. The van der Waals surface area contributed by atoms with E-state index in [0.717, 1.165) is 0 Å². The molecule has 110 valence electrons. The Hall–Kier alpha value is -1.11. The molecule has 1 fully saturated rings. The van der Waals surface area contributed by atoms with Crippen molar-refractivity contribution in [2.75, 3.05) is 13.1 Å². The Morgan fingerprint density at radius 3 is 2.45 bits per heavy atom. The minimum Gasteiger partial charge on any atom is -0.370 e. The van der Waals surface area contributed by atoms with Crippen LogP contribution >= 0.6 is 11.6 Å². The van der Waals surface area contributed by atoms with E-state index in [9.17, 15) is 13.2 Å². The summed E-state index contributed by atoms with van der Waals surface area (Å²) in [5, 5.41) is 0.228. The predicted octanol–water partition coefficient (Wildman–Crippen LogP) is 1.62. The lowest BCUT2D eigenvalue weighted by Crippen LogP contribution is -2.39. The van der Waals surface area contributed by atoms with Crippen LogP contribution in [0.5, 0.6) is 0 Å². The normalized spacial score (nSPS) is 18.1. The van der Waals surface area contributed by atoms with Gasteiger partial charge in [0.05, 0.1) is 5.02 Å². The van der Waals surface area contributed by atoms with Crippen LogP contribution in [-0.4, -0.2) is 31.7 Å². The number of sulfonamides is 1. The monoisotopic (exact) mass is 316 g/mol. The third-order valence-electron chi connectivity index (χ3n) is 3.52. The molecule has 7 heteroatoms. The fourth-order valence-corrected chi connectivity index (χ4v) is 4.39. The molecule has 1 aromatic rings. The van der Waals surface area contributed by atoms with Gasteiger partial charge in [-0.15, -0.1) is 0 Å². The summed E-state index contributed by atoms with van der Waals surface area (Å²) in [5.74, 6) is -0.164. The number of carbonyl (C=O) groups excluding carboxylic acids is 1. The first-order chi connectivity index (χ1) is 9.41. The second-order valence-corrected chi connectivity index (χ2v) is 7.26. The second-order valence-electron chi connectivity index (χ2n) is 4.95. The minimum atomic E-state index is -3.56. The van der Waals surface area contributed by atoms with Crippen LogP contribution in [0.1, 0.15) is 19.3 Å². The van der Waals surface area contributed by atoms with E-state index >= 15 is 0 Å². The number of piperidine rings is 1. The zero-order valence-electron chi connectivity index (χ0n) is 11.0. The van der Waals surface area contributed by atoms with Crippen LogP contribution in [0.25, 0.3) is 0 Å². The van der Waals surface area contributed by atoms with Crippen LogP contribution in [0, 0.1) is 5.92 Å². The Balaban J connectivity index is 2.10. The first kappa shape index (κ1) is 15.3. The van der Waals surface area contributed by atoms with Gasteiger partial charge in [-0.25, -0.2) is 8.42 Å². The van der Waals surface area contributed by atoms with Crippen LogP contribution < -0.4 is 5.73 Å². The molecule has 1 aromatic carbocycles. The van der Waals surface area contributed by atoms with Gasteiger partial charge >= 0.3 is 0 Å². The molecular formula is C13H17ClN2O3S. The molecule has 1 saturated heterocycles. The van der Waals surface area contributed by atoms with Crippen LogP contribution in [0.4, 0.5) is 0 Å². The Morgan fingerprint density at radius 2 is 1.90 bits per heavy atom. The number of carbonyl (C=O) groups is 1. The molecule has 1 aliphatic rings. The van der Waals surface area contributed by atoms with Crippen molar-refractivity contribution >= 4 is 27.5 Å². The molecule has 0 bridgehead atoms. The van der Waals surface area contributed by atoms with E-state index in [2.05, 4.69) is 0 Å². The SMILES string of the molecule is NC(=O)CC1CCN(S(=O)(=O)c2ccccc2Cl)CC1. The van der Waals surface area contributed by atoms with E-state index in [1.165, 1.54) is 10.4 Å². The Morgan fingerprint density at radius 1 is 1.30 bits per heavy atom. The first-order valence-electron chi connectivity index (χ1n) is 6.44. The van der Waals surface area contributed by atoms with Crippen molar-refractivity contribution in [3.05, 3.63) is 29.3 Å². The molecule has 0 saturated carbocycles. The van der Waals surface area contributed by atoms with E-state index in [4.69, 9.17) is 17.3 Å². The highest BCUT2D eigenvalue weighted by Gasteiger charge is 2.30. The molecule has 20 heavy (non-hydrogen) atoms. The summed E-state index contributed by atoms with van der Waals surface area (Å²) in [6.45, 7) is 0.789.